The quantitative estimate of drug-likeness (QED) is 0.295. The summed E-state index contributed by atoms with van der Waals surface area (Å²) in [6.07, 6.45) is 5.14. The van der Waals surface area contributed by atoms with Crippen LogP contribution in [0.5, 0.6) is 5.75 Å². The Balaban J connectivity index is 0.00000364. The summed E-state index contributed by atoms with van der Waals surface area (Å²) in [5, 5.41) is 9.61. The Kier molecular flexibility index (Phi) is 9.90. The summed E-state index contributed by atoms with van der Waals surface area (Å²) in [6, 6.07) is 5.74. The summed E-state index contributed by atoms with van der Waals surface area (Å²) in [7, 11) is 1.59. The molecule has 1 fully saturated rings. The standard InChI is InChI=1S/C20H32N4O2.HI/c1-5-20(10-7-11-20)14-23-19(21-6-2)22-13-16-8-9-18(26-4)17(12-16)24-15(3)25;/h8-9,12H,5-7,10-11,13-14H2,1-4H3,(H,24,25)(H2,21,22,23);1H. The van der Waals surface area contributed by atoms with Crippen LogP contribution in [0, 0.1) is 5.41 Å². The highest BCUT2D eigenvalue weighted by atomic mass is 127. The van der Waals surface area contributed by atoms with Crippen molar-refractivity contribution in [1.82, 2.24) is 10.6 Å². The lowest BCUT2D eigenvalue weighted by Crippen LogP contribution is -2.46. The molecule has 1 aliphatic carbocycles. The van der Waals surface area contributed by atoms with Gasteiger partial charge in [0.05, 0.1) is 19.3 Å². The van der Waals surface area contributed by atoms with Crippen LogP contribution in [0.3, 0.4) is 0 Å². The molecule has 6 nitrogen and oxygen atoms in total. The number of ether oxygens (including phenoxy) is 1. The number of hydrogen-bond acceptors (Lipinski definition) is 3. The third kappa shape index (κ3) is 6.86. The lowest BCUT2D eigenvalue weighted by Gasteiger charge is -2.41. The molecule has 0 bridgehead atoms. The Morgan fingerprint density at radius 3 is 2.52 bits per heavy atom. The molecule has 0 saturated heterocycles. The van der Waals surface area contributed by atoms with E-state index in [1.54, 1.807) is 7.11 Å². The number of nitrogens with one attached hydrogen (secondary N) is 3. The summed E-state index contributed by atoms with van der Waals surface area (Å²) < 4.78 is 5.30. The SMILES string of the molecule is CCNC(=NCc1ccc(OC)c(NC(C)=O)c1)NCC1(CC)CCC1.I. The number of nitrogens with zero attached hydrogens (tertiary/aromatic N) is 1. The van der Waals surface area contributed by atoms with Crippen molar-refractivity contribution in [2.24, 2.45) is 10.4 Å². The average Bonchev–Trinajstić information content (AvgIpc) is 2.58. The first kappa shape index (κ1) is 23.5. The Morgan fingerprint density at radius 2 is 2.00 bits per heavy atom. The minimum absolute atomic E-state index is 0. The van der Waals surface area contributed by atoms with Gasteiger partial charge in [0.15, 0.2) is 5.96 Å². The van der Waals surface area contributed by atoms with Crippen LogP contribution in [0.25, 0.3) is 0 Å². The van der Waals surface area contributed by atoms with Crippen molar-refractivity contribution in [2.75, 3.05) is 25.5 Å². The Labute approximate surface area is 179 Å². The highest BCUT2D eigenvalue weighted by Crippen LogP contribution is 2.43. The number of benzene rings is 1. The largest absolute Gasteiger partial charge is 0.495 e. The molecule has 0 atom stereocenters. The minimum Gasteiger partial charge on any atom is -0.495 e. The number of carbonyl (C=O) groups is 1. The molecule has 1 amide bonds. The molecule has 1 aromatic carbocycles. The number of guanidine groups is 1. The topological polar surface area (TPSA) is 74.8 Å². The molecule has 2 rings (SSSR count). The van der Waals surface area contributed by atoms with Crippen LogP contribution < -0.4 is 20.7 Å². The van der Waals surface area contributed by atoms with Gasteiger partial charge in [0.25, 0.3) is 0 Å². The fourth-order valence-corrected chi connectivity index (χ4v) is 3.26. The molecule has 3 N–H and O–H groups in total. The van der Waals surface area contributed by atoms with Gasteiger partial charge in [0, 0.05) is 20.0 Å². The molecule has 0 radical (unpaired) electrons. The molecule has 0 aliphatic heterocycles. The molecule has 1 aliphatic rings. The van der Waals surface area contributed by atoms with Crippen molar-refractivity contribution >= 4 is 41.5 Å². The van der Waals surface area contributed by atoms with Crippen LogP contribution in [0.2, 0.25) is 0 Å². The second kappa shape index (κ2) is 11.4. The molecule has 0 unspecified atom stereocenters. The van der Waals surface area contributed by atoms with Crippen LogP contribution in [-0.4, -0.2) is 32.1 Å². The number of carbonyl (C=O) groups excluding carboxylic acids is 1. The summed E-state index contributed by atoms with van der Waals surface area (Å²) >= 11 is 0. The van der Waals surface area contributed by atoms with Gasteiger partial charge < -0.3 is 20.7 Å². The summed E-state index contributed by atoms with van der Waals surface area (Å²) in [5.41, 5.74) is 2.13. The number of halogens is 1. The number of aliphatic imine (C=N–C) groups is 1. The molecule has 0 heterocycles. The van der Waals surface area contributed by atoms with E-state index in [-0.39, 0.29) is 29.9 Å². The molecular weight excluding hydrogens is 455 g/mol. The van der Waals surface area contributed by atoms with Gasteiger partial charge in [-0.05, 0) is 49.3 Å². The molecule has 0 aromatic heterocycles. The first-order chi connectivity index (χ1) is 12.5. The predicted octanol–water partition coefficient (Wildman–Crippen LogP) is 3.91. The highest BCUT2D eigenvalue weighted by Gasteiger charge is 2.34. The molecule has 1 aromatic rings. The van der Waals surface area contributed by atoms with Crippen LogP contribution in [-0.2, 0) is 11.3 Å². The van der Waals surface area contributed by atoms with E-state index in [1.165, 1.54) is 32.6 Å². The fraction of sp³-hybridized carbons (Fsp3) is 0.600. The maximum atomic E-state index is 11.4. The van der Waals surface area contributed by atoms with E-state index < -0.39 is 0 Å². The number of methoxy groups -OCH3 is 1. The fourth-order valence-electron chi connectivity index (χ4n) is 3.26. The number of rotatable bonds is 8. The third-order valence-electron chi connectivity index (χ3n) is 5.13. The zero-order valence-electron chi connectivity index (χ0n) is 16.9. The van der Waals surface area contributed by atoms with Crippen LogP contribution in [0.4, 0.5) is 5.69 Å². The zero-order valence-corrected chi connectivity index (χ0v) is 19.2. The molecular formula is C20H33IN4O2. The lowest BCUT2D eigenvalue weighted by atomic mass is 9.67. The van der Waals surface area contributed by atoms with E-state index in [0.29, 0.717) is 23.4 Å². The van der Waals surface area contributed by atoms with E-state index in [9.17, 15) is 4.79 Å². The van der Waals surface area contributed by atoms with Crippen LogP contribution >= 0.6 is 24.0 Å². The van der Waals surface area contributed by atoms with Crippen molar-refractivity contribution in [3.8, 4) is 5.75 Å². The number of hydrogen-bond donors (Lipinski definition) is 3. The van der Waals surface area contributed by atoms with Gasteiger partial charge in [-0.3, -0.25) is 4.79 Å². The van der Waals surface area contributed by atoms with E-state index in [1.807, 2.05) is 18.2 Å². The smallest absolute Gasteiger partial charge is 0.221 e. The van der Waals surface area contributed by atoms with E-state index in [0.717, 1.165) is 24.6 Å². The molecule has 1 saturated carbocycles. The van der Waals surface area contributed by atoms with Gasteiger partial charge in [-0.2, -0.15) is 0 Å². The van der Waals surface area contributed by atoms with Crippen molar-refractivity contribution < 1.29 is 9.53 Å². The molecule has 152 valence electrons. The van der Waals surface area contributed by atoms with Crippen molar-refractivity contribution in [3.05, 3.63) is 23.8 Å². The number of anilines is 1. The van der Waals surface area contributed by atoms with E-state index in [4.69, 9.17) is 9.73 Å². The van der Waals surface area contributed by atoms with E-state index >= 15 is 0 Å². The Morgan fingerprint density at radius 1 is 1.26 bits per heavy atom. The van der Waals surface area contributed by atoms with Gasteiger partial charge in [-0.15, -0.1) is 24.0 Å². The third-order valence-corrected chi connectivity index (χ3v) is 5.13. The number of amides is 1. The Hall–Kier alpha value is -1.51. The Bertz CT molecular complexity index is 639. The van der Waals surface area contributed by atoms with Gasteiger partial charge in [0.2, 0.25) is 5.91 Å². The monoisotopic (exact) mass is 488 g/mol. The summed E-state index contributed by atoms with van der Waals surface area (Å²) in [6.45, 7) is 8.15. The van der Waals surface area contributed by atoms with Gasteiger partial charge in [0.1, 0.15) is 5.75 Å². The molecule has 27 heavy (non-hydrogen) atoms. The summed E-state index contributed by atoms with van der Waals surface area (Å²) in [5.74, 6) is 1.36. The second-order valence-electron chi connectivity index (χ2n) is 6.97. The first-order valence-electron chi connectivity index (χ1n) is 9.48. The normalized spacial score (nSPS) is 15.2. The zero-order chi connectivity index (χ0) is 19.0. The first-order valence-corrected chi connectivity index (χ1v) is 9.48. The van der Waals surface area contributed by atoms with Gasteiger partial charge in [-0.1, -0.05) is 19.4 Å². The molecule has 0 spiro atoms. The van der Waals surface area contributed by atoms with Crippen molar-refractivity contribution in [3.63, 3.8) is 0 Å². The van der Waals surface area contributed by atoms with Gasteiger partial charge in [-0.25, -0.2) is 4.99 Å². The van der Waals surface area contributed by atoms with Crippen LogP contribution in [0.1, 0.15) is 52.0 Å². The summed E-state index contributed by atoms with van der Waals surface area (Å²) in [4.78, 5) is 16.1. The average molecular weight is 488 g/mol. The maximum absolute atomic E-state index is 11.4. The predicted molar refractivity (Wildman–Crippen MR) is 122 cm³/mol. The van der Waals surface area contributed by atoms with Crippen LogP contribution in [0.15, 0.2) is 23.2 Å². The second-order valence-corrected chi connectivity index (χ2v) is 6.97. The molecule has 7 heteroatoms. The van der Waals surface area contributed by atoms with Crippen molar-refractivity contribution in [2.45, 2.75) is 53.0 Å². The minimum atomic E-state index is -0.121. The highest BCUT2D eigenvalue weighted by molar-refractivity contribution is 14.0. The van der Waals surface area contributed by atoms with Crippen molar-refractivity contribution in [1.29, 1.82) is 0 Å². The van der Waals surface area contributed by atoms with Gasteiger partial charge >= 0.3 is 0 Å². The van der Waals surface area contributed by atoms with E-state index in [2.05, 4.69) is 29.8 Å². The maximum Gasteiger partial charge on any atom is 0.221 e. The lowest BCUT2D eigenvalue weighted by molar-refractivity contribution is -0.114.